The van der Waals surface area contributed by atoms with Crippen molar-refractivity contribution in [3.05, 3.63) is 0 Å². The maximum Gasteiger partial charge on any atom is 0.170 e. The minimum Gasteiger partial charge on any atom is -0.861 e. The zero-order valence-corrected chi connectivity index (χ0v) is 25.6. The first-order chi connectivity index (χ1) is 10.3. The van der Waals surface area contributed by atoms with E-state index < -0.39 is 52.8 Å². The molecule has 0 aromatic rings. The molecule has 0 unspecified atom stereocenters. The van der Waals surface area contributed by atoms with Crippen LogP contribution in [0.2, 0.25) is 91.7 Å². The van der Waals surface area contributed by atoms with Gasteiger partial charge in [-0.1, -0.05) is 64.9 Å². The van der Waals surface area contributed by atoms with Gasteiger partial charge in [-0.25, -0.2) is 0 Å². The van der Waals surface area contributed by atoms with Crippen LogP contribution in [0.25, 0.3) is 0 Å². The lowest BCUT2D eigenvalue weighted by Gasteiger charge is -2.21. The highest BCUT2D eigenvalue weighted by Crippen LogP contribution is 2.03. The fraction of sp³-hybridized carbons (Fsp3) is 1.00. The number of rotatable bonds is 4. The van der Waals surface area contributed by atoms with Gasteiger partial charge in [-0.15, -0.1) is 0 Å². The van der Waals surface area contributed by atoms with Crippen molar-refractivity contribution in [2.24, 2.45) is 0 Å². The van der Waals surface area contributed by atoms with Crippen molar-refractivity contribution in [2.45, 2.75) is 107 Å². The van der Waals surface area contributed by atoms with Crippen LogP contribution >= 0.6 is 0 Å². The Morgan fingerprint density at radius 2 is 0.808 bits per heavy atom. The third-order valence-electron chi connectivity index (χ3n) is 1.13. The van der Waals surface area contributed by atoms with E-state index in [1.165, 1.54) is 0 Å². The molecule has 0 radical (unpaired) electrons. The lowest BCUT2D eigenvalue weighted by molar-refractivity contribution is -0.203. The summed E-state index contributed by atoms with van der Waals surface area (Å²) < 4.78 is 11.2. The monoisotopic (exact) mass is 478 g/mol. The van der Waals surface area contributed by atoms with E-state index in [2.05, 4.69) is 58.9 Å². The maximum absolute atomic E-state index is 10.2. The van der Waals surface area contributed by atoms with E-state index >= 15 is 0 Å². The van der Waals surface area contributed by atoms with Gasteiger partial charge >= 0.3 is 0 Å². The van der Waals surface area contributed by atoms with Gasteiger partial charge < -0.3 is 17.8 Å². The van der Waals surface area contributed by atoms with Gasteiger partial charge in [0.15, 0.2) is 35.4 Å². The Balaban J connectivity index is -0.0000000516. The number of hydrogen-bond acceptors (Lipinski definition) is 4. The van der Waals surface area contributed by atoms with E-state index in [1.807, 2.05) is 0 Å². The Labute approximate surface area is 176 Å². The second kappa shape index (κ2) is 22.4. The molecular formula is C16H54O4Si6-2. The van der Waals surface area contributed by atoms with Gasteiger partial charge in [0.2, 0.25) is 0 Å². The van der Waals surface area contributed by atoms with Crippen LogP contribution in [0.4, 0.5) is 0 Å². The molecule has 0 atom stereocenters. The second-order valence-corrected chi connectivity index (χ2v) is 27.5. The Hall–Kier alpha value is 1.14. The lowest BCUT2D eigenvalue weighted by atomic mass is 11.8. The highest BCUT2D eigenvalue weighted by molar-refractivity contribution is 6.76. The highest BCUT2D eigenvalue weighted by Gasteiger charge is 2.15. The van der Waals surface area contributed by atoms with E-state index in [0.29, 0.717) is 0 Å². The Kier molecular flexibility index (Phi) is 35.8. The molecule has 0 aromatic heterocycles. The summed E-state index contributed by atoms with van der Waals surface area (Å²) in [6, 6.07) is 0. The summed E-state index contributed by atoms with van der Waals surface area (Å²) in [5, 5.41) is 0. The van der Waals surface area contributed by atoms with Crippen LogP contribution < -0.4 is 9.59 Å². The van der Waals surface area contributed by atoms with E-state index in [4.69, 9.17) is 8.23 Å². The molecule has 0 aliphatic heterocycles. The first-order valence-corrected chi connectivity index (χ1v) is 26.9. The second-order valence-electron chi connectivity index (χ2n) is 8.67. The molecule has 0 aromatic carbocycles. The number of hydrogen-bond donors (Lipinski definition) is 0. The SMILES string of the molecule is C.C.C[SiH](C)O[SiH](C)C.C[SiH](C)O[Si](C)(C)C.C[SiH](C)[O-].C[Si](C)(C)[O-]. The standard InChI is InChI=1S/C5H16OSi2.C4H14OSi2.C3H9OSi.C2H7OSi.2CH4/c1-7(2)6-8(3,4)5;1-6(2)5-7(3)4;1-5(2,3)4;1-4(2)3;;/h7H,1-5H3;6-7H,1-4H3;1-3H3;4H,1-2H3;2*1H4/q;;2*-1;;. The first kappa shape index (κ1) is 41.5. The van der Waals surface area contributed by atoms with Crippen molar-refractivity contribution in [3.8, 4) is 0 Å². The van der Waals surface area contributed by atoms with Crippen LogP contribution in [-0.2, 0) is 8.23 Å². The van der Waals surface area contributed by atoms with Gasteiger partial charge in [-0.2, -0.15) is 0 Å². The molecule has 0 rings (SSSR count). The third kappa shape index (κ3) is 142. The molecule has 0 heterocycles. The average molecular weight is 479 g/mol. The predicted molar refractivity (Wildman–Crippen MR) is 138 cm³/mol. The summed E-state index contributed by atoms with van der Waals surface area (Å²) in [7, 11) is -6.48. The zero-order valence-electron chi connectivity index (χ0n) is 18.9. The third-order valence-corrected chi connectivity index (χ3v) is 10.2. The van der Waals surface area contributed by atoms with Gasteiger partial charge in [-0.05, 0) is 58.9 Å². The lowest BCUT2D eigenvalue weighted by Crippen LogP contribution is -2.38. The minimum absolute atomic E-state index is 0. The molecule has 4 nitrogen and oxygen atoms in total. The fourth-order valence-electron chi connectivity index (χ4n) is 1.25. The molecule has 0 aliphatic rings. The summed E-state index contributed by atoms with van der Waals surface area (Å²) in [6.45, 7) is 28.8. The van der Waals surface area contributed by atoms with Crippen LogP contribution in [0.3, 0.4) is 0 Å². The van der Waals surface area contributed by atoms with Gasteiger partial charge in [0.1, 0.15) is 0 Å². The zero-order chi connectivity index (χ0) is 20.7. The van der Waals surface area contributed by atoms with Gasteiger partial charge in [0, 0.05) is 0 Å². The maximum atomic E-state index is 10.2. The minimum atomic E-state index is -1.86. The van der Waals surface area contributed by atoms with Crippen LogP contribution in [-0.4, -0.2) is 52.8 Å². The van der Waals surface area contributed by atoms with Crippen LogP contribution in [0, 0.1) is 0 Å². The molecular weight excluding hydrogens is 425 g/mol. The van der Waals surface area contributed by atoms with Crippen LogP contribution in [0.15, 0.2) is 0 Å². The van der Waals surface area contributed by atoms with Crippen molar-refractivity contribution in [3.63, 3.8) is 0 Å². The van der Waals surface area contributed by atoms with E-state index in [0.717, 1.165) is 0 Å². The van der Waals surface area contributed by atoms with Crippen LogP contribution in [0.5, 0.6) is 0 Å². The Morgan fingerprint density at radius 3 is 0.808 bits per heavy atom. The average Bonchev–Trinajstić information content (AvgIpc) is 2.05. The first-order valence-electron chi connectivity index (χ1n) is 8.97. The van der Waals surface area contributed by atoms with Crippen molar-refractivity contribution in [2.75, 3.05) is 0 Å². The summed E-state index contributed by atoms with van der Waals surface area (Å²) >= 11 is 0. The molecule has 0 spiro atoms. The molecule has 0 amide bonds. The van der Waals surface area contributed by atoms with Crippen molar-refractivity contribution in [1.82, 2.24) is 0 Å². The molecule has 0 bridgehead atoms. The van der Waals surface area contributed by atoms with Crippen LogP contribution in [0.1, 0.15) is 14.9 Å². The van der Waals surface area contributed by atoms with Gasteiger partial charge in [0.25, 0.3) is 0 Å². The largest absolute Gasteiger partial charge is 0.861 e. The van der Waals surface area contributed by atoms with Gasteiger partial charge in [-0.3, -0.25) is 0 Å². The molecule has 0 N–H and O–H groups in total. The quantitative estimate of drug-likeness (QED) is 0.579. The summed E-state index contributed by atoms with van der Waals surface area (Å²) in [5.74, 6) is 0. The van der Waals surface area contributed by atoms with Gasteiger partial charge in [0.05, 0.1) is 0 Å². The van der Waals surface area contributed by atoms with Crippen molar-refractivity contribution >= 4 is 52.8 Å². The normalized spacial score (nSPS) is 10.6. The summed E-state index contributed by atoms with van der Waals surface area (Å²) in [4.78, 5) is 19.9. The molecule has 10 heteroatoms. The van der Waals surface area contributed by atoms with E-state index in [1.54, 1.807) is 32.7 Å². The molecule has 0 fully saturated rings. The Bertz CT molecular complexity index is 237. The fourth-order valence-corrected chi connectivity index (χ4v) is 11.3. The molecule has 0 saturated carbocycles. The Morgan fingerprint density at radius 1 is 0.615 bits per heavy atom. The molecule has 0 aliphatic carbocycles. The molecule has 26 heavy (non-hydrogen) atoms. The summed E-state index contributed by atoms with van der Waals surface area (Å²) in [5.41, 5.74) is 0. The smallest absolute Gasteiger partial charge is 0.170 e. The topological polar surface area (TPSA) is 64.6 Å². The van der Waals surface area contributed by atoms with E-state index in [9.17, 15) is 9.59 Å². The van der Waals surface area contributed by atoms with Crippen molar-refractivity contribution in [1.29, 1.82) is 0 Å². The molecule has 0 saturated heterocycles. The predicted octanol–water partition coefficient (Wildman–Crippen LogP) is 3.58. The highest BCUT2D eigenvalue weighted by atomic mass is 28.4. The van der Waals surface area contributed by atoms with Crippen molar-refractivity contribution < 1.29 is 17.8 Å². The summed E-state index contributed by atoms with van der Waals surface area (Å²) in [6.07, 6.45) is 0. The molecule has 168 valence electrons. The van der Waals surface area contributed by atoms with E-state index in [-0.39, 0.29) is 14.9 Å².